The monoisotopic (exact) mass is 212 g/mol. The molecule has 0 fully saturated rings. The molecule has 0 aromatic carbocycles. The third-order valence-electron chi connectivity index (χ3n) is 1.19. The molecule has 7 heteroatoms. The van der Waals surface area contributed by atoms with Crippen LogP contribution in [0.15, 0.2) is 0 Å². The van der Waals surface area contributed by atoms with E-state index in [2.05, 4.69) is 0 Å². The second-order valence-corrected chi connectivity index (χ2v) is 7.42. The van der Waals surface area contributed by atoms with Crippen molar-refractivity contribution in [2.24, 2.45) is 0 Å². The number of rotatable bonds is 0. The molecular weight excluding hydrogens is 212 g/mol. The molecule has 13 heavy (non-hydrogen) atoms. The predicted octanol–water partition coefficient (Wildman–Crippen LogP) is 0.0982. The minimum atomic E-state index is -6.17. The molecule has 0 aliphatic heterocycles. The maximum absolute atomic E-state index is 8.58. The SMILES string of the molecule is N#[C][Fe-3]([C]#N)([C]#N)([C]#N)([C]#N)[C]#N. The Morgan fingerprint density at radius 1 is 0.462 bits per heavy atom. The summed E-state index contributed by atoms with van der Waals surface area (Å²) in [6.07, 6.45) is 0. The summed E-state index contributed by atoms with van der Waals surface area (Å²) in [7, 11) is -6.17. The molecule has 0 aliphatic rings. The fraction of sp³-hybridized carbons (Fsp3) is 0. The van der Waals surface area contributed by atoms with Gasteiger partial charge in [-0.3, -0.25) is 0 Å². The van der Waals surface area contributed by atoms with E-state index in [0.717, 1.165) is 29.8 Å². The Kier molecular flexibility index (Phi) is 1.60. The Hall–Kier alpha value is -2.54. The first-order chi connectivity index (χ1) is 5.97. The van der Waals surface area contributed by atoms with E-state index in [0.29, 0.717) is 0 Å². The van der Waals surface area contributed by atoms with E-state index in [9.17, 15) is 0 Å². The van der Waals surface area contributed by atoms with Crippen LogP contribution in [-0.4, -0.2) is 0 Å². The molecular formula is C6FeN6-3. The summed E-state index contributed by atoms with van der Waals surface area (Å²) >= 11 is 0. The van der Waals surface area contributed by atoms with Gasteiger partial charge in [0.2, 0.25) is 0 Å². The van der Waals surface area contributed by atoms with E-state index in [1.807, 2.05) is 0 Å². The van der Waals surface area contributed by atoms with Gasteiger partial charge < -0.3 is 0 Å². The molecule has 0 aromatic rings. The van der Waals surface area contributed by atoms with E-state index in [-0.39, 0.29) is 0 Å². The number of nitriles is 6. The zero-order valence-corrected chi connectivity index (χ0v) is 7.14. The molecule has 65 valence electrons. The van der Waals surface area contributed by atoms with Crippen LogP contribution in [0.1, 0.15) is 0 Å². The Morgan fingerprint density at radius 2 is 0.615 bits per heavy atom. The van der Waals surface area contributed by atoms with Crippen LogP contribution >= 0.6 is 0 Å². The van der Waals surface area contributed by atoms with Crippen molar-refractivity contribution < 1.29 is 10.7 Å². The van der Waals surface area contributed by atoms with Crippen LogP contribution < -0.4 is 0 Å². The fourth-order valence-electron chi connectivity index (χ4n) is 0.265. The zero-order valence-electron chi connectivity index (χ0n) is 6.04. The Bertz CT molecular complexity index is 387. The molecule has 0 amide bonds. The van der Waals surface area contributed by atoms with Gasteiger partial charge in [-0.05, 0) is 0 Å². The van der Waals surface area contributed by atoms with Crippen molar-refractivity contribution in [3.05, 3.63) is 0 Å². The Balaban J connectivity index is 6.92. The molecule has 0 aliphatic carbocycles. The van der Waals surface area contributed by atoms with Gasteiger partial charge in [-0.2, -0.15) is 0 Å². The normalized spacial score (nSPS) is 13.4. The number of hydrogen-bond acceptors (Lipinski definition) is 6. The van der Waals surface area contributed by atoms with E-state index in [1.54, 1.807) is 0 Å². The average Bonchev–Trinajstić information content (AvgIpc) is 2.26. The van der Waals surface area contributed by atoms with Crippen LogP contribution in [-0.2, 0) is 10.7 Å². The van der Waals surface area contributed by atoms with Crippen molar-refractivity contribution >= 4 is 0 Å². The van der Waals surface area contributed by atoms with Gasteiger partial charge in [0.15, 0.2) is 0 Å². The minimum absolute atomic E-state index is 1.03. The number of nitrogens with zero attached hydrogens (tertiary/aromatic N) is 6. The molecule has 0 unspecified atom stereocenters. The summed E-state index contributed by atoms with van der Waals surface area (Å²) in [5.41, 5.74) is 0. The molecule has 0 radical (unpaired) electrons. The van der Waals surface area contributed by atoms with Gasteiger partial charge in [-0.1, -0.05) is 0 Å². The van der Waals surface area contributed by atoms with Gasteiger partial charge >= 0.3 is 72.1 Å². The molecule has 0 atom stereocenters. The van der Waals surface area contributed by atoms with Gasteiger partial charge in [0.05, 0.1) is 0 Å². The van der Waals surface area contributed by atoms with Crippen LogP contribution in [0.4, 0.5) is 0 Å². The predicted molar refractivity (Wildman–Crippen MR) is 33.7 cm³/mol. The Morgan fingerprint density at radius 3 is 0.615 bits per heavy atom. The first-order valence-electron chi connectivity index (χ1n) is 2.40. The summed E-state index contributed by atoms with van der Waals surface area (Å²) in [5, 5.41) is 51.5. The summed E-state index contributed by atoms with van der Waals surface area (Å²) in [6, 6.07) is 0. The van der Waals surface area contributed by atoms with E-state index in [1.165, 1.54) is 0 Å². The van der Waals surface area contributed by atoms with Gasteiger partial charge in [0, 0.05) is 0 Å². The molecule has 0 N–H and O–H groups in total. The summed E-state index contributed by atoms with van der Waals surface area (Å²) in [4.78, 5) is 6.19. The second kappa shape index (κ2) is 1.99. The Labute approximate surface area is 72.6 Å². The first-order valence-corrected chi connectivity index (χ1v) is 5.71. The maximum atomic E-state index is 8.58. The van der Waals surface area contributed by atoms with Crippen LogP contribution in [0.5, 0.6) is 0 Å². The van der Waals surface area contributed by atoms with Crippen molar-refractivity contribution in [3.8, 4) is 29.8 Å². The fourth-order valence-corrected chi connectivity index (χ4v) is 1.09. The average molecular weight is 212 g/mol. The molecule has 0 heterocycles. The third kappa shape index (κ3) is 0.698. The summed E-state index contributed by atoms with van der Waals surface area (Å²) < 4.78 is 0. The van der Waals surface area contributed by atoms with Crippen molar-refractivity contribution in [2.75, 3.05) is 0 Å². The van der Waals surface area contributed by atoms with E-state index in [4.69, 9.17) is 31.6 Å². The van der Waals surface area contributed by atoms with E-state index < -0.39 is 10.7 Å². The van der Waals surface area contributed by atoms with Gasteiger partial charge in [0.1, 0.15) is 0 Å². The molecule has 0 saturated heterocycles. The molecule has 0 rings (SSSR count). The van der Waals surface area contributed by atoms with Gasteiger partial charge in [0.25, 0.3) is 0 Å². The molecule has 0 bridgehead atoms. The first kappa shape index (κ1) is 10.5. The quantitative estimate of drug-likeness (QED) is 0.520. The van der Waals surface area contributed by atoms with Crippen molar-refractivity contribution in [3.63, 3.8) is 0 Å². The van der Waals surface area contributed by atoms with Crippen LogP contribution in [0.25, 0.3) is 0 Å². The number of hydrogen-bond donors (Lipinski definition) is 0. The van der Waals surface area contributed by atoms with Crippen LogP contribution in [0.3, 0.4) is 0 Å². The zero-order chi connectivity index (χ0) is 10.7. The standard InChI is InChI=1S/6CN.Fe/c6*1-2;/q;;;;;;-3. The van der Waals surface area contributed by atoms with Crippen LogP contribution in [0.2, 0.25) is 0 Å². The summed E-state index contributed by atoms with van der Waals surface area (Å²) in [5.74, 6) is 0. The molecule has 0 spiro atoms. The van der Waals surface area contributed by atoms with Crippen molar-refractivity contribution in [1.29, 1.82) is 31.6 Å². The topological polar surface area (TPSA) is 143 Å². The molecule has 6 nitrogen and oxygen atoms in total. The summed E-state index contributed by atoms with van der Waals surface area (Å²) in [6.45, 7) is 0. The van der Waals surface area contributed by atoms with E-state index >= 15 is 0 Å². The van der Waals surface area contributed by atoms with Crippen LogP contribution in [0, 0.1) is 61.4 Å². The van der Waals surface area contributed by atoms with Gasteiger partial charge in [-0.25, -0.2) is 0 Å². The van der Waals surface area contributed by atoms with Gasteiger partial charge in [-0.15, -0.1) is 0 Å². The van der Waals surface area contributed by atoms with Crippen molar-refractivity contribution in [1.82, 2.24) is 0 Å². The second-order valence-electron chi connectivity index (χ2n) is 1.80. The molecule has 0 aromatic heterocycles. The van der Waals surface area contributed by atoms with Crippen molar-refractivity contribution in [2.45, 2.75) is 0 Å². The third-order valence-corrected chi connectivity index (χ3v) is 4.89. The molecule has 0 saturated carbocycles.